The molecule has 0 saturated carbocycles. The minimum atomic E-state index is 0.0859. The van der Waals surface area contributed by atoms with E-state index in [0.717, 1.165) is 13.1 Å². The number of pyridine rings is 1. The number of nitrogens with zero attached hydrogens (tertiary/aromatic N) is 2. The van der Waals surface area contributed by atoms with Gasteiger partial charge in [0.1, 0.15) is 0 Å². The minimum absolute atomic E-state index is 0.0859. The molecule has 1 amide bonds. The Kier molecular flexibility index (Phi) is 3.97. The quantitative estimate of drug-likeness (QED) is 0.862. The minimum Gasteiger partial charge on any atom is -0.333 e. The molecule has 1 saturated heterocycles. The molecule has 2 unspecified atom stereocenters. The van der Waals surface area contributed by atoms with Gasteiger partial charge in [-0.25, -0.2) is 0 Å². The van der Waals surface area contributed by atoms with Crippen LogP contribution in [0.25, 0.3) is 0 Å². The summed E-state index contributed by atoms with van der Waals surface area (Å²) in [6.45, 7) is 8.07. The maximum absolute atomic E-state index is 12.4. The average molecular weight is 247 g/mol. The van der Waals surface area contributed by atoms with Crippen LogP contribution in [0.5, 0.6) is 0 Å². The first-order valence-electron chi connectivity index (χ1n) is 6.54. The Morgan fingerprint density at radius 1 is 1.56 bits per heavy atom. The van der Waals surface area contributed by atoms with E-state index in [1.54, 1.807) is 18.5 Å². The lowest BCUT2D eigenvalue weighted by Gasteiger charge is -2.40. The average Bonchev–Trinajstić information content (AvgIpc) is 2.39. The van der Waals surface area contributed by atoms with E-state index in [-0.39, 0.29) is 11.9 Å². The van der Waals surface area contributed by atoms with Crippen molar-refractivity contribution >= 4 is 5.91 Å². The van der Waals surface area contributed by atoms with Crippen molar-refractivity contribution in [1.82, 2.24) is 15.2 Å². The van der Waals surface area contributed by atoms with Crippen LogP contribution in [0.15, 0.2) is 24.5 Å². The molecule has 1 aliphatic rings. The van der Waals surface area contributed by atoms with Crippen molar-refractivity contribution in [3.05, 3.63) is 30.1 Å². The summed E-state index contributed by atoms with van der Waals surface area (Å²) in [7, 11) is 0. The fourth-order valence-corrected chi connectivity index (χ4v) is 2.27. The van der Waals surface area contributed by atoms with E-state index >= 15 is 0 Å². The van der Waals surface area contributed by atoms with Gasteiger partial charge in [0.05, 0.1) is 5.56 Å². The third kappa shape index (κ3) is 2.70. The Morgan fingerprint density at radius 2 is 2.33 bits per heavy atom. The van der Waals surface area contributed by atoms with Crippen molar-refractivity contribution in [2.75, 3.05) is 13.1 Å². The molecule has 0 bridgehead atoms. The van der Waals surface area contributed by atoms with Crippen LogP contribution < -0.4 is 5.32 Å². The van der Waals surface area contributed by atoms with Crippen molar-refractivity contribution in [3.63, 3.8) is 0 Å². The highest BCUT2D eigenvalue weighted by Gasteiger charge is 2.30. The fraction of sp³-hybridized carbons (Fsp3) is 0.571. The van der Waals surface area contributed by atoms with E-state index < -0.39 is 0 Å². The van der Waals surface area contributed by atoms with Crippen molar-refractivity contribution in [2.24, 2.45) is 5.92 Å². The first-order chi connectivity index (χ1) is 8.59. The Morgan fingerprint density at radius 3 is 2.94 bits per heavy atom. The van der Waals surface area contributed by atoms with Gasteiger partial charge < -0.3 is 10.2 Å². The van der Waals surface area contributed by atoms with E-state index in [1.807, 2.05) is 11.0 Å². The van der Waals surface area contributed by atoms with Crippen LogP contribution in [0.2, 0.25) is 0 Å². The summed E-state index contributed by atoms with van der Waals surface area (Å²) in [6, 6.07) is 4.24. The summed E-state index contributed by atoms with van der Waals surface area (Å²) < 4.78 is 0. The van der Waals surface area contributed by atoms with Crippen LogP contribution in [0.3, 0.4) is 0 Å². The zero-order valence-corrected chi connectivity index (χ0v) is 11.3. The summed E-state index contributed by atoms with van der Waals surface area (Å²) >= 11 is 0. The fourth-order valence-electron chi connectivity index (χ4n) is 2.27. The van der Waals surface area contributed by atoms with Gasteiger partial charge in [0, 0.05) is 37.6 Å². The van der Waals surface area contributed by atoms with Gasteiger partial charge in [0.25, 0.3) is 5.91 Å². The topological polar surface area (TPSA) is 45.2 Å². The SMILES string of the molecule is CC(C)C1CN(C(=O)c2cccnc2)C(C)CN1. The molecule has 0 spiro atoms. The van der Waals surface area contributed by atoms with E-state index in [1.165, 1.54) is 0 Å². The molecule has 0 aliphatic carbocycles. The predicted octanol–water partition coefficient (Wildman–Crippen LogP) is 1.54. The summed E-state index contributed by atoms with van der Waals surface area (Å²) in [5.74, 6) is 0.615. The highest BCUT2D eigenvalue weighted by molar-refractivity contribution is 5.94. The third-order valence-electron chi connectivity index (χ3n) is 3.57. The largest absolute Gasteiger partial charge is 0.333 e. The third-order valence-corrected chi connectivity index (χ3v) is 3.57. The van der Waals surface area contributed by atoms with Crippen LogP contribution in [-0.2, 0) is 0 Å². The number of carbonyl (C=O) groups is 1. The van der Waals surface area contributed by atoms with Crippen LogP contribution in [0.4, 0.5) is 0 Å². The van der Waals surface area contributed by atoms with E-state index in [9.17, 15) is 4.79 Å². The number of aromatic nitrogens is 1. The number of nitrogens with one attached hydrogen (secondary N) is 1. The molecule has 0 radical (unpaired) electrons. The molecule has 1 aromatic rings. The van der Waals surface area contributed by atoms with Crippen molar-refractivity contribution < 1.29 is 4.79 Å². The molecule has 1 N–H and O–H groups in total. The number of piperazine rings is 1. The van der Waals surface area contributed by atoms with E-state index in [2.05, 4.69) is 31.1 Å². The molecule has 98 valence electrons. The lowest BCUT2D eigenvalue weighted by molar-refractivity contribution is 0.0579. The number of amides is 1. The van der Waals surface area contributed by atoms with E-state index in [4.69, 9.17) is 0 Å². The lowest BCUT2D eigenvalue weighted by Crippen LogP contribution is -2.58. The molecular formula is C14H21N3O. The Labute approximate surface area is 108 Å². The van der Waals surface area contributed by atoms with Gasteiger partial charge >= 0.3 is 0 Å². The second-order valence-corrected chi connectivity index (χ2v) is 5.31. The monoisotopic (exact) mass is 247 g/mol. The highest BCUT2D eigenvalue weighted by atomic mass is 16.2. The Balaban J connectivity index is 2.13. The Hall–Kier alpha value is -1.42. The number of rotatable bonds is 2. The van der Waals surface area contributed by atoms with Gasteiger partial charge in [-0.05, 0) is 25.0 Å². The van der Waals surface area contributed by atoms with Crippen LogP contribution >= 0.6 is 0 Å². The standard InChI is InChI=1S/C14H21N3O/c1-10(2)13-9-17(11(3)7-16-13)14(18)12-5-4-6-15-8-12/h4-6,8,10-11,13,16H,7,9H2,1-3H3. The van der Waals surface area contributed by atoms with Crippen LogP contribution in [-0.4, -0.2) is 41.0 Å². The molecule has 2 rings (SSSR count). The second kappa shape index (κ2) is 5.48. The van der Waals surface area contributed by atoms with Gasteiger partial charge in [-0.1, -0.05) is 13.8 Å². The summed E-state index contributed by atoms with van der Waals surface area (Å²) in [5.41, 5.74) is 0.675. The van der Waals surface area contributed by atoms with Gasteiger partial charge in [0.15, 0.2) is 0 Å². The summed E-state index contributed by atoms with van der Waals surface area (Å²) in [4.78, 5) is 18.4. The molecule has 4 heteroatoms. The molecule has 1 aliphatic heterocycles. The van der Waals surface area contributed by atoms with Crippen molar-refractivity contribution in [1.29, 1.82) is 0 Å². The predicted molar refractivity (Wildman–Crippen MR) is 71.4 cm³/mol. The van der Waals surface area contributed by atoms with E-state index in [0.29, 0.717) is 17.5 Å². The number of carbonyl (C=O) groups excluding carboxylic acids is 1. The van der Waals surface area contributed by atoms with Gasteiger partial charge in [-0.3, -0.25) is 9.78 Å². The van der Waals surface area contributed by atoms with Crippen molar-refractivity contribution in [3.8, 4) is 0 Å². The van der Waals surface area contributed by atoms with Gasteiger partial charge in [-0.2, -0.15) is 0 Å². The lowest BCUT2D eigenvalue weighted by atomic mass is 9.99. The van der Waals surface area contributed by atoms with Crippen LogP contribution in [0, 0.1) is 5.92 Å². The molecule has 1 aromatic heterocycles. The van der Waals surface area contributed by atoms with Gasteiger partial charge in [0.2, 0.25) is 0 Å². The molecule has 0 aromatic carbocycles. The maximum Gasteiger partial charge on any atom is 0.255 e. The molecule has 1 fully saturated rings. The smallest absolute Gasteiger partial charge is 0.255 e. The summed E-state index contributed by atoms with van der Waals surface area (Å²) in [6.07, 6.45) is 3.33. The maximum atomic E-state index is 12.4. The molecule has 2 atom stereocenters. The van der Waals surface area contributed by atoms with Gasteiger partial charge in [-0.15, -0.1) is 0 Å². The highest BCUT2D eigenvalue weighted by Crippen LogP contribution is 2.15. The van der Waals surface area contributed by atoms with Crippen LogP contribution in [0.1, 0.15) is 31.1 Å². The summed E-state index contributed by atoms with van der Waals surface area (Å²) in [5, 5.41) is 3.50. The molecule has 4 nitrogen and oxygen atoms in total. The first-order valence-corrected chi connectivity index (χ1v) is 6.54. The zero-order chi connectivity index (χ0) is 13.1. The second-order valence-electron chi connectivity index (χ2n) is 5.31. The Bertz CT molecular complexity index is 405. The molecular weight excluding hydrogens is 226 g/mol. The number of hydrogen-bond donors (Lipinski definition) is 1. The normalized spacial score (nSPS) is 24.3. The molecule has 2 heterocycles. The van der Waals surface area contributed by atoms with Crippen molar-refractivity contribution in [2.45, 2.75) is 32.9 Å². The molecule has 18 heavy (non-hydrogen) atoms. The zero-order valence-electron chi connectivity index (χ0n) is 11.3. The number of hydrogen-bond acceptors (Lipinski definition) is 3. The first kappa shape index (κ1) is 13.0.